The van der Waals surface area contributed by atoms with E-state index in [2.05, 4.69) is 53.3 Å². The zero-order valence-electron chi connectivity index (χ0n) is 8.73. The third-order valence-electron chi connectivity index (χ3n) is 2.94. The molecule has 0 aliphatic heterocycles. The molecule has 0 atom stereocenters. The number of benzene rings is 1. The predicted octanol–water partition coefficient (Wildman–Crippen LogP) is 3.40. The normalized spacial score (nSPS) is 18.2. The summed E-state index contributed by atoms with van der Waals surface area (Å²) < 4.78 is 1.19. The van der Waals surface area contributed by atoms with E-state index in [4.69, 9.17) is 0 Å². The van der Waals surface area contributed by atoms with E-state index in [1.165, 1.54) is 28.4 Å². The quantitative estimate of drug-likeness (QED) is 0.871. The lowest BCUT2D eigenvalue weighted by molar-refractivity contribution is 0.537. The third kappa shape index (κ3) is 2.37. The maximum absolute atomic E-state index is 3.58. The van der Waals surface area contributed by atoms with Gasteiger partial charge in [0.25, 0.3) is 0 Å². The number of halogens is 1. The first-order chi connectivity index (χ1) is 6.59. The first kappa shape index (κ1) is 10.2. The molecule has 14 heavy (non-hydrogen) atoms. The lowest BCUT2D eigenvalue weighted by Crippen LogP contribution is -2.26. The van der Waals surface area contributed by atoms with E-state index in [-0.39, 0.29) is 0 Å². The summed E-state index contributed by atoms with van der Waals surface area (Å²) in [6.07, 6.45) is 2.64. The van der Waals surface area contributed by atoms with E-state index < -0.39 is 0 Å². The van der Waals surface area contributed by atoms with Crippen LogP contribution in [0.3, 0.4) is 0 Å². The monoisotopic (exact) mass is 253 g/mol. The van der Waals surface area contributed by atoms with Crippen LogP contribution < -0.4 is 5.32 Å². The molecule has 0 amide bonds. The van der Waals surface area contributed by atoms with Crippen molar-refractivity contribution in [1.82, 2.24) is 5.32 Å². The second-order valence-electron chi connectivity index (χ2n) is 4.50. The fourth-order valence-corrected chi connectivity index (χ4v) is 1.74. The Morgan fingerprint density at radius 1 is 1.43 bits per heavy atom. The molecule has 0 radical (unpaired) electrons. The van der Waals surface area contributed by atoms with Crippen LogP contribution in [0.4, 0.5) is 0 Å². The molecule has 1 aliphatic rings. The lowest BCUT2D eigenvalue weighted by Gasteiger charge is -2.11. The summed E-state index contributed by atoms with van der Waals surface area (Å²) in [5.41, 5.74) is 3.12. The average Bonchev–Trinajstić information content (AvgIpc) is 2.87. The topological polar surface area (TPSA) is 12.0 Å². The maximum Gasteiger partial charge on any atom is 0.0210 e. The van der Waals surface area contributed by atoms with E-state index >= 15 is 0 Å². The highest BCUT2D eigenvalue weighted by atomic mass is 79.9. The van der Waals surface area contributed by atoms with Gasteiger partial charge >= 0.3 is 0 Å². The van der Waals surface area contributed by atoms with E-state index in [0.717, 1.165) is 6.54 Å². The maximum atomic E-state index is 3.58. The molecule has 1 saturated carbocycles. The number of nitrogens with one attached hydrogen (secondary N) is 1. The fourth-order valence-electron chi connectivity index (χ4n) is 1.50. The van der Waals surface area contributed by atoms with Gasteiger partial charge in [-0.1, -0.05) is 28.1 Å². The minimum Gasteiger partial charge on any atom is -0.307 e. The molecule has 0 heterocycles. The summed E-state index contributed by atoms with van der Waals surface area (Å²) in [4.78, 5) is 0. The lowest BCUT2D eigenvalue weighted by atomic mass is 10.1. The van der Waals surface area contributed by atoms with Crippen LogP contribution in [0.15, 0.2) is 22.7 Å². The molecule has 1 N–H and O–H groups in total. The van der Waals surface area contributed by atoms with Gasteiger partial charge in [-0.05, 0) is 43.9 Å². The molecular weight excluding hydrogens is 238 g/mol. The van der Waals surface area contributed by atoms with E-state index in [9.17, 15) is 0 Å². The van der Waals surface area contributed by atoms with Crippen molar-refractivity contribution >= 4 is 15.9 Å². The molecule has 0 bridgehead atoms. The van der Waals surface area contributed by atoms with Crippen LogP contribution >= 0.6 is 15.9 Å². The number of aryl methyl sites for hydroxylation is 1. The summed E-state index contributed by atoms with van der Waals surface area (Å²) in [7, 11) is 0. The van der Waals surface area contributed by atoms with E-state index in [1.807, 2.05) is 0 Å². The van der Waals surface area contributed by atoms with Crippen molar-refractivity contribution in [1.29, 1.82) is 0 Å². The van der Waals surface area contributed by atoms with Gasteiger partial charge < -0.3 is 5.32 Å². The van der Waals surface area contributed by atoms with Crippen LogP contribution in [-0.4, -0.2) is 5.54 Å². The molecular formula is C12H16BrN. The Hall–Kier alpha value is -0.340. The molecule has 76 valence electrons. The number of hydrogen-bond donors (Lipinski definition) is 1. The predicted molar refractivity (Wildman–Crippen MR) is 63.4 cm³/mol. The van der Waals surface area contributed by atoms with Gasteiger partial charge in [-0.3, -0.25) is 0 Å². The first-order valence-corrected chi connectivity index (χ1v) is 5.88. The summed E-state index contributed by atoms with van der Waals surface area (Å²) >= 11 is 3.51. The van der Waals surface area contributed by atoms with Crippen molar-refractivity contribution in [2.75, 3.05) is 0 Å². The molecule has 0 spiro atoms. The molecule has 2 rings (SSSR count). The Kier molecular flexibility index (Phi) is 2.67. The van der Waals surface area contributed by atoms with Gasteiger partial charge in [-0.25, -0.2) is 0 Å². The molecule has 1 aromatic carbocycles. The summed E-state index contributed by atoms with van der Waals surface area (Å²) in [5.74, 6) is 0. The Balaban J connectivity index is 1.99. The molecule has 2 heteroatoms. The Labute approximate surface area is 94.0 Å². The van der Waals surface area contributed by atoms with Crippen molar-refractivity contribution in [2.24, 2.45) is 0 Å². The minimum absolute atomic E-state index is 0.432. The van der Waals surface area contributed by atoms with Crippen molar-refractivity contribution in [3.63, 3.8) is 0 Å². The zero-order valence-corrected chi connectivity index (χ0v) is 10.3. The first-order valence-electron chi connectivity index (χ1n) is 5.09. The molecule has 1 fully saturated rings. The van der Waals surface area contributed by atoms with Crippen molar-refractivity contribution in [2.45, 2.75) is 38.8 Å². The van der Waals surface area contributed by atoms with Gasteiger partial charge in [-0.2, -0.15) is 0 Å². The highest BCUT2D eigenvalue weighted by Crippen LogP contribution is 2.34. The van der Waals surface area contributed by atoms with Crippen LogP contribution in [0, 0.1) is 6.92 Å². The number of hydrogen-bond acceptors (Lipinski definition) is 1. The van der Waals surface area contributed by atoms with Crippen molar-refractivity contribution in [3.05, 3.63) is 33.8 Å². The summed E-state index contributed by atoms with van der Waals surface area (Å²) in [6, 6.07) is 6.54. The summed E-state index contributed by atoms with van der Waals surface area (Å²) in [6.45, 7) is 5.41. The highest BCUT2D eigenvalue weighted by Gasteiger charge is 2.36. The number of rotatable bonds is 3. The second-order valence-corrected chi connectivity index (χ2v) is 5.35. The van der Waals surface area contributed by atoms with Crippen LogP contribution in [0.2, 0.25) is 0 Å². The molecule has 0 unspecified atom stereocenters. The largest absolute Gasteiger partial charge is 0.307 e. The van der Waals surface area contributed by atoms with Gasteiger partial charge in [0.1, 0.15) is 0 Å². The van der Waals surface area contributed by atoms with Gasteiger partial charge in [-0.15, -0.1) is 0 Å². The Bertz CT molecular complexity index is 342. The van der Waals surface area contributed by atoms with Gasteiger partial charge in [0.15, 0.2) is 0 Å². The Morgan fingerprint density at radius 2 is 2.14 bits per heavy atom. The van der Waals surface area contributed by atoms with Gasteiger partial charge in [0, 0.05) is 16.6 Å². The fraction of sp³-hybridized carbons (Fsp3) is 0.500. The molecule has 1 aromatic rings. The smallest absolute Gasteiger partial charge is 0.0210 e. The van der Waals surface area contributed by atoms with Crippen LogP contribution in [0.25, 0.3) is 0 Å². The zero-order chi connectivity index (χ0) is 10.2. The minimum atomic E-state index is 0.432. The van der Waals surface area contributed by atoms with Crippen molar-refractivity contribution in [3.8, 4) is 0 Å². The van der Waals surface area contributed by atoms with Gasteiger partial charge in [0.05, 0.1) is 0 Å². The van der Waals surface area contributed by atoms with Crippen LogP contribution in [-0.2, 0) is 6.54 Å². The average molecular weight is 254 g/mol. The van der Waals surface area contributed by atoms with E-state index in [0.29, 0.717) is 5.54 Å². The SMILES string of the molecule is Cc1cc(CNC2(C)CC2)ccc1Br. The van der Waals surface area contributed by atoms with Crippen LogP contribution in [0.5, 0.6) is 0 Å². The van der Waals surface area contributed by atoms with E-state index in [1.54, 1.807) is 0 Å². The molecule has 0 aromatic heterocycles. The molecule has 0 saturated heterocycles. The third-order valence-corrected chi connectivity index (χ3v) is 3.83. The van der Waals surface area contributed by atoms with Crippen molar-refractivity contribution < 1.29 is 0 Å². The Morgan fingerprint density at radius 3 is 2.71 bits per heavy atom. The molecule has 1 aliphatic carbocycles. The standard InChI is InChI=1S/C12H16BrN/c1-9-7-10(3-4-11(9)13)8-14-12(2)5-6-12/h3-4,7,14H,5-6,8H2,1-2H3. The van der Waals surface area contributed by atoms with Gasteiger partial charge in [0.2, 0.25) is 0 Å². The second kappa shape index (κ2) is 3.67. The summed E-state index contributed by atoms with van der Waals surface area (Å²) in [5, 5.41) is 3.58. The van der Waals surface area contributed by atoms with Crippen LogP contribution in [0.1, 0.15) is 30.9 Å². The highest BCUT2D eigenvalue weighted by molar-refractivity contribution is 9.10. The molecule has 1 nitrogen and oxygen atoms in total.